The zero-order valence-corrected chi connectivity index (χ0v) is 15.6. The van der Waals surface area contributed by atoms with E-state index in [0.717, 1.165) is 31.6 Å². The van der Waals surface area contributed by atoms with E-state index in [1.807, 2.05) is 36.6 Å². The van der Waals surface area contributed by atoms with E-state index in [1.165, 1.54) is 29.6 Å². The van der Waals surface area contributed by atoms with Gasteiger partial charge in [-0.05, 0) is 31.2 Å². The Kier molecular flexibility index (Phi) is 4.74. The summed E-state index contributed by atoms with van der Waals surface area (Å²) in [6.07, 6.45) is 0. The molecule has 1 aromatic carbocycles. The summed E-state index contributed by atoms with van der Waals surface area (Å²) >= 11 is 6.38. The maximum atomic E-state index is 11.1. The summed E-state index contributed by atoms with van der Waals surface area (Å²) in [4.78, 5) is 21.1. The van der Waals surface area contributed by atoms with Gasteiger partial charge in [-0.25, -0.2) is 9.97 Å². The molecule has 118 valence electrons. The molecule has 0 bridgehead atoms. The van der Waals surface area contributed by atoms with Gasteiger partial charge in [-0.2, -0.15) is 0 Å². The number of rotatable bonds is 4. The highest BCUT2D eigenvalue weighted by Gasteiger charge is 2.13. The third kappa shape index (κ3) is 3.95. The van der Waals surface area contributed by atoms with Crippen molar-refractivity contribution in [2.75, 3.05) is 10.6 Å². The van der Waals surface area contributed by atoms with Gasteiger partial charge in [0.15, 0.2) is 10.3 Å². The van der Waals surface area contributed by atoms with Crippen LogP contribution in [0.25, 0.3) is 10.6 Å². The summed E-state index contributed by atoms with van der Waals surface area (Å²) in [7, 11) is 0. The summed E-state index contributed by atoms with van der Waals surface area (Å²) < 4.78 is 1.04. The summed E-state index contributed by atoms with van der Waals surface area (Å²) in [6, 6.07) is 7.92. The second-order valence-corrected chi connectivity index (χ2v) is 7.56. The van der Waals surface area contributed by atoms with Crippen molar-refractivity contribution in [2.24, 2.45) is 0 Å². The third-order valence-electron chi connectivity index (χ3n) is 2.91. The molecule has 2 heterocycles. The van der Waals surface area contributed by atoms with Gasteiger partial charge in [0.25, 0.3) is 0 Å². The van der Waals surface area contributed by atoms with E-state index < -0.39 is 0 Å². The Labute approximate surface area is 149 Å². The lowest BCUT2D eigenvalue weighted by molar-refractivity contribution is -0.114. The molecular formula is C15H13BrN4OS2. The van der Waals surface area contributed by atoms with Gasteiger partial charge >= 0.3 is 0 Å². The van der Waals surface area contributed by atoms with Crippen LogP contribution in [0.5, 0.6) is 0 Å². The van der Waals surface area contributed by atoms with Gasteiger partial charge in [0.05, 0.1) is 16.3 Å². The number of carbonyl (C=O) groups is 1. The lowest BCUT2D eigenvalue weighted by atomic mass is 10.3. The topological polar surface area (TPSA) is 66.9 Å². The first kappa shape index (κ1) is 16.1. The number of aromatic nitrogens is 2. The summed E-state index contributed by atoms with van der Waals surface area (Å²) in [5.41, 5.74) is 2.70. The number of thiazole rings is 2. The standard InChI is InChI=1S/C15H13BrN4OS2/c1-8-13(23-15(17-8)18-9(2)21)12-7-22-14(20-12)19-11-5-3-10(16)4-6-11/h3-7H,1-2H3,(H,19,20)(H,17,18,21). The van der Waals surface area contributed by atoms with E-state index in [9.17, 15) is 4.79 Å². The first-order valence-electron chi connectivity index (χ1n) is 6.75. The number of carbonyl (C=O) groups excluding carboxylic acids is 1. The van der Waals surface area contributed by atoms with Crippen LogP contribution >= 0.6 is 38.6 Å². The van der Waals surface area contributed by atoms with Crippen LogP contribution < -0.4 is 10.6 Å². The van der Waals surface area contributed by atoms with Crippen molar-refractivity contribution in [3.05, 3.63) is 39.8 Å². The number of amides is 1. The molecule has 0 saturated heterocycles. The van der Waals surface area contributed by atoms with E-state index in [-0.39, 0.29) is 5.91 Å². The van der Waals surface area contributed by atoms with Crippen molar-refractivity contribution < 1.29 is 4.79 Å². The second kappa shape index (κ2) is 6.77. The lowest BCUT2D eigenvalue weighted by Crippen LogP contribution is -2.04. The molecule has 0 aliphatic rings. The molecule has 0 fully saturated rings. The monoisotopic (exact) mass is 408 g/mol. The zero-order valence-electron chi connectivity index (χ0n) is 12.4. The smallest absolute Gasteiger partial charge is 0.223 e. The van der Waals surface area contributed by atoms with Crippen LogP contribution in [-0.2, 0) is 4.79 Å². The van der Waals surface area contributed by atoms with Gasteiger partial charge in [-0.3, -0.25) is 4.79 Å². The van der Waals surface area contributed by atoms with E-state index >= 15 is 0 Å². The molecule has 0 atom stereocenters. The fraction of sp³-hybridized carbons (Fsp3) is 0.133. The number of hydrogen-bond donors (Lipinski definition) is 2. The predicted octanol–water partition coefficient (Wildman–Crippen LogP) is 5.04. The summed E-state index contributed by atoms with van der Waals surface area (Å²) in [5, 5.41) is 9.39. The maximum absolute atomic E-state index is 11.1. The van der Waals surface area contributed by atoms with Crippen molar-refractivity contribution in [2.45, 2.75) is 13.8 Å². The van der Waals surface area contributed by atoms with Gasteiger partial charge in [0.1, 0.15) is 0 Å². The van der Waals surface area contributed by atoms with E-state index in [4.69, 9.17) is 0 Å². The molecule has 0 saturated carbocycles. The van der Waals surface area contributed by atoms with Crippen molar-refractivity contribution in [3.63, 3.8) is 0 Å². The van der Waals surface area contributed by atoms with Crippen LogP contribution in [0.1, 0.15) is 12.6 Å². The van der Waals surface area contributed by atoms with Crippen LogP contribution in [-0.4, -0.2) is 15.9 Å². The molecule has 1 amide bonds. The average Bonchev–Trinajstić information content (AvgIpc) is 3.07. The molecule has 8 heteroatoms. The molecule has 0 aliphatic heterocycles. The molecule has 2 N–H and O–H groups in total. The number of anilines is 3. The Balaban J connectivity index is 1.80. The lowest BCUT2D eigenvalue weighted by Gasteiger charge is -2.01. The fourth-order valence-corrected chi connectivity index (χ4v) is 3.96. The first-order chi connectivity index (χ1) is 11.0. The highest BCUT2D eigenvalue weighted by Crippen LogP contribution is 2.35. The molecule has 3 rings (SSSR count). The molecule has 0 aliphatic carbocycles. The minimum absolute atomic E-state index is 0.124. The number of aryl methyl sites for hydroxylation is 1. The summed E-state index contributed by atoms with van der Waals surface area (Å²) in [6.45, 7) is 3.39. The summed E-state index contributed by atoms with van der Waals surface area (Å²) in [5.74, 6) is -0.124. The minimum atomic E-state index is -0.124. The molecule has 0 radical (unpaired) electrons. The highest BCUT2D eigenvalue weighted by molar-refractivity contribution is 9.10. The Morgan fingerprint density at radius 2 is 1.91 bits per heavy atom. The molecule has 2 aromatic heterocycles. The average molecular weight is 409 g/mol. The third-order valence-corrected chi connectivity index (χ3v) is 5.29. The van der Waals surface area contributed by atoms with Crippen molar-refractivity contribution in [3.8, 4) is 10.6 Å². The van der Waals surface area contributed by atoms with Crippen molar-refractivity contribution in [1.82, 2.24) is 9.97 Å². The fourth-order valence-electron chi connectivity index (χ4n) is 1.93. The van der Waals surface area contributed by atoms with E-state index in [2.05, 4.69) is 36.5 Å². The van der Waals surface area contributed by atoms with Gasteiger partial charge in [-0.1, -0.05) is 27.3 Å². The Morgan fingerprint density at radius 1 is 1.17 bits per heavy atom. The molecule has 0 spiro atoms. The van der Waals surface area contributed by atoms with E-state index in [0.29, 0.717) is 5.13 Å². The van der Waals surface area contributed by atoms with Crippen LogP contribution in [0.2, 0.25) is 0 Å². The van der Waals surface area contributed by atoms with Crippen LogP contribution in [0, 0.1) is 6.92 Å². The van der Waals surface area contributed by atoms with Gasteiger partial charge in [-0.15, -0.1) is 11.3 Å². The van der Waals surface area contributed by atoms with Gasteiger partial charge < -0.3 is 10.6 Å². The molecule has 23 heavy (non-hydrogen) atoms. The quantitative estimate of drug-likeness (QED) is 0.634. The van der Waals surface area contributed by atoms with E-state index in [1.54, 1.807) is 0 Å². The normalized spacial score (nSPS) is 10.6. The number of halogens is 1. The Bertz CT molecular complexity index is 842. The maximum Gasteiger partial charge on any atom is 0.223 e. The Hall–Kier alpha value is -1.77. The largest absolute Gasteiger partial charge is 0.332 e. The van der Waals surface area contributed by atoms with Crippen molar-refractivity contribution >= 4 is 60.5 Å². The number of hydrogen-bond acceptors (Lipinski definition) is 6. The SMILES string of the molecule is CC(=O)Nc1nc(C)c(-c2csc(Nc3ccc(Br)cc3)n2)s1. The second-order valence-electron chi connectivity index (χ2n) is 4.78. The Morgan fingerprint density at radius 3 is 2.61 bits per heavy atom. The highest BCUT2D eigenvalue weighted by atomic mass is 79.9. The number of nitrogens with one attached hydrogen (secondary N) is 2. The van der Waals surface area contributed by atoms with Crippen molar-refractivity contribution in [1.29, 1.82) is 0 Å². The van der Waals surface area contributed by atoms with Crippen LogP contribution in [0.3, 0.4) is 0 Å². The minimum Gasteiger partial charge on any atom is -0.332 e. The predicted molar refractivity (Wildman–Crippen MR) is 99.7 cm³/mol. The number of nitrogens with zero attached hydrogens (tertiary/aromatic N) is 2. The molecule has 0 unspecified atom stereocenters. The number of benzene rings is 1. The molecule has 5 nitrogen and oxygen atoms in total. The first-order valence-corrected chi connectivity index (χ1v) is 9.23. The molecule has 3 aromatic rings. The molecular weight excluding hydrogens is 396 g/mol. The van der Waals surface area contributed by atoms with Gasteiger partial charge in [0.2, 0.25) is 5.91 Å². The van der Waals surface area contributed by atoms with Crippen LogP contribution in [0.15, 0.2) is 34.1 Å². The van der Waals surface area contributed by atoms with Crippen LogP contribution in [0.4, 0.5) is 16.0 Å². The zero-order chi connectivity index (χ0) is 16.4. The van der Waals surface area contributed by atoms with Gasteiger partial charge in [0, 0.05) is 22.5 Å².